The smallest absolute Gasteiger partial charge is 0.115 e. The standard InChI is InChI=1S/C48H39BN2/c1-32-13-21-37(22-14-32)50(38-23-15-33(2)16-24-38)41-29-36(47-43-9-5-7-11-45(43)48(49)46-12-8-6-10-44(46)47)30-42(31-41)51(39-25-17-34(3)18-26-39)40-27-19-35(4)20-28-40/h5-31H,1-4H3. The third-order valence-electron chi connectivity index (χ3n) is 9.85. The molecule has 244 valence electrons. The van der Waals surface area contributed by atoms with E-state index < -0.39 is 0 Å². The lowest BCUT2D eigenvalue weighted by Crippen LogP contribution is -2.14. The molecule has 2 radical (unpaired) electrons. The van der Waals surface area contributed by atoms with E-state index in [1.165, 1.54) is 27.8 Å². The average Bonchev–Trinajstić information content (AvgIpc) is 3.15. The Morgan fingerprint density at radius 1 is 0.333 bits per heavy atom. The molecule has 8 aromatic carbocycles. The molecule has 3 heteroatoms. The first-order chi connectivity index (χ1) is 24.8. The largest absolute Gasteiger partial charge is 0.310 e. The Bertz CT molecular complexity index is 2240. The van der Waals surface area contributed by atoms with Crippen LogP contribution < -0.4 is 15.3 Å². The summed E-state index contributed by atoms with van der Waals surface area (Å²) >= 11 is 0. The first-order valence-electron chi connectivity index (χ1n) is 17.6. The first-order valence-corrected chi connectivity index (χ1v) is 17.6. The zero-order chi connectivity index (χ0) is 35.1. The molecule has 0 aliphatic rings. The van der Waals surface area contributed by atoms with E-state index in [4.69, 9.17) is 7.85 Å². The van der Waals surface area contributed by atoms with Gasteiger partial charge in [-0.2, -0.15) is 0 Å². The molecule has 0 N–H and O–H groups in total. The van der Waals surface area contributed by atoms with E-state index >= 15 is 0 Å². The van der Waals surface area contributed by atoms with Crippen molar-refractivity contribution in [2.75, 3.05) is 9.80 Å². The van der Waals surface area contributed by atoms with Gasteiger partial charge >= 0.3 is 0 Å². The molecule has 0 amide bonds. The second kappa shape index (κ2) is 13.3. The molecule has 0 aromatic heterocycles. The summed E-state index contributed by atoms with van der Waals surface area (Å²) in [4.78, 5) is 4.74. The molecule has 0 unspecified atom stereocenters. The Morgan fingerprint density at radius 3 is 0.941 bits per heavy atom. The highest BCUT2D eigenvalue weighted by molar-refractivity contribution is 6.46. The number of rotatable bonds is 7. The van der Waals surface area contributed by atoms with E-state index in [0.29, 0.717) is 0 Å². The van der Waals surface area contributed by atoms with Crippen LogP contribution in [0.1, 0.15) is 22.3 Å². The number of benzene rings is 8. The van der Waals surface area contributed by atoms with E-state index in [9.17, 15) is 0 Å². The van der Waals surface area contributed by atoms with Crippen LogP contribution >= 0.6 is 0 Å². The maximum Gasteiger partial charge on any atom is 0.115 e. The van der Waals surface area contributed by atoms with Gasteiger partial charge in [0.15, 0.2) is 0 Å². The number of hydrogen-bond acceptors (Lipinski definition) is 2. The number of nitrogens with zero attached hydrogens (tertiary/aromatic N) is 2. The van der Waals surface area contributed by atoms with Gasteiger partial charge in [-0.1, -0.05) is 125 Å². The Labute approximate surface area is 302 Å². The van der Waals surface area contributed by atoms with Crippen LogP contribution in [-0.4, -0.2) is 7.85 Å². The minimum atomic E-state index is 0.809. The molecule has 51 heavy (non-hydrogen) atoms. The van der Waals surface area contributed by atoms with Crippen molar-refractivity contribution in [2.45, 2.75) is 27.7 Å². The van der Waals surface area contributed by atoms with Crippen molar-refractivity contribution in [1.29, 1.82) is 0 Å². The zero-order valence-corrected chi connectivity index (χ0v) is 29.6. The zero-order valence-electron chi connectivity index (χ0n) is 29.6. The number of aryl methyl sites for hydroxylation is 4. The van der Waals surface area contributed by atoms with Crippen LogP contribution in [-0.2, 0) is 0 Å². The summed E-state index contributed by atoms with van der Waals surface area (Å²) in [5, 5.41) is 4.37. The van der Waals surface area contributed by atoms with Crippen LogP contribution in [0.3, 0.4) is 0 Å². The van der Waals surface area contributed by atoms with Crippen LogP contribution in [0.15, 0.2) is 164 Å². The van der Waals surface area contributed by atoms with E-state index in [0.717, 1.165) is 66.7 Å². The van der Waals surface area contributed by atoms with Gasteiger partial charge < -0.3 is 9.80 Å². The molecule has 0 atom stereocenters. The van der Waals surface area contributed by atoms with Crippen molar-refractivity contribution in [3.05, 3.63) is 186 Å². The monoisotopic (exact) mass is 654 g/mol. The molecule has 0 saturated heterocycles. The summed E-state index contributed by atoms with van der Waals surface area (Å²) in [6, 6.07) is 59.3. The van der Waals surface area contributed by atoms with Gasteiger partial charge in [-0.25, -0.2) is 0 Å². The van der Waals surface area contributed by atoms with Gasteiger partial charge in [-0.05, 0) is 127 Å². The highest BCUT2D eigenvalue weighted by atomic mass is 15.2. The molecule has 0 heterocycles. The molecule has 0 aliphatic carbocycles. The number of fused-ring (bicyclic) bond motifs is 2. The molecule has 0 bridgehead atoms. The topological polar surface area (TPSA) is 6.48 Å². The van der Waals surface area contributed by atoms with Gasteiger partial charge in [-0.3, -0.25) is 0 Å². The van der Waals surface area contributed by atoms with Gasteiger partial charge in [0, 0.05) is 34.1 Å². The van der Waals surface area contributed by atoms with Crippen LogP contribution in [0.5, 0.6) is 0 Å². The van der Waals surface area contributed by atoms with Crippen molar-refractivity contribution >= 4 is 69.0 Å². The predicted molar refractivity (Wildman–Crippen MR) is 221 cm³/mol. The van der Waals surface area contributed by atoms with Crippen molar-refractivity contribution in [2.24, 2.45) is 0 Å². The molecule has 0 aliphatic heterocycles. The highest BCUT2D eigenvalue weighted by Crippen LogP contribution is 2.45. The predicted octanol–water partition coefficient (Wildman–Crippen LogP) is 12.6. The average molecular weight is 655 g/mol. The van der Waals surface area contributed by atoms with Crippen molar-refractivity contribution < 1.29 is 0 Å². The maximum atomic E-state index is 6.89. The van der Waals surface area contributed by atoms with E-state index in [2.05, 4.69) is 201 Å². The molecule has 2 nitrogen and oxygen atoms in total. The summed E-state index contributed by atoms with van der Waals surface area (Å²) < 4.78 is 0. The molecule has 8 rings (SSSR count). The Kier molecular flexibility index (Phi) is 8.41. The molecular weight excluding hydrogens is 615 g/mol. The Morgan fingerprint density at radius 2 is 0.627 bits per heavy atom. The molecule has 8 aromatic rings. The fourth-order valence-corrected chi connectivity index (χ4v) is 7.14. The minimum absolute atomic E-state index is 0.809. The van der Waals surface area contributed by atoms with Gasteiger partial charge in [0.25, 0.3) is 0 Å². The quantitative estimate of drug-likeness (QED) is 0.125. The molecular formula is C48H39BN2. The summed E-state index contributed by atoms with van der Waals surface area (Å²) in [5.74, 6) is 0. The highest BCUT2D eigenvalue weighted by Gasteiger charge is 2.21. The van der Waals surface area contributed by atoms with Gasteiger partial charge in [-0.15, -0.1) is 0 Å². The van der Waals surface area contributed by atoms with E-state index in [1.54, 1.807) is 0 Å². The Balaban J connectivity index is 1.48. The van der Waals surface area contributed by atoms with Gasteiger partial charge in [0.1, 0.15) is 7.85 Å². The maximum absolute atomic E-state index is 6.89. The summed E-state index contributed by atoms with van der Waals surface area (Å²) in [7, 11) is 6.89. The van der Waals surface area contributed by atoms with Crippen LogP contribution in [0.4, 0.5) is 34.1 Å². The first kappa shape index (κ1) is 32.2. The molecule has 0 fully saturated rings. The fraction of sp³-hybridized carbons (Fsp3) is 0.0833. The molecule has 0 spiro atoms. The fourth-order valence-electron chi connectivity index (χ4n) is 7.14. The van der Waals surface area contributed by atoms with E-state index in [-0.39, 0.29) is 0 Å². The van der Waals surface area contributed by atoms with Crippen LogP contribution in [0.25, 0.3) is 32.7 Å². The van der Waals surface area contributed by atoms with Crippen molar-refractivity contribution in [1.82, 2.24) is 0 Å². The second-order valence-electron chi connectivity index (χ2n) is 13.6. The summed E-state index contributed by atoms with van der Waals surface area (Å²) in [5.41, 5.74) is 14.5. The SMILES string of the molecule is [B]c1c2ccccc2c(-c2cc(N(c3ccc(C)cc3)c3ccc(C)cc3)cc(N(c3ccc(C)cc3)c3ccc(C)cc3)c2)c2ccccc12. The minimum Gasteiger partial charge on any atom is -0.310 e. The number of hydrogen-bond donors (Lipinski definition) is 0. The van der Waals surface area contributed by atoms with Crippen LogP contribution in [0, 0.1) is 27.7 Å². The summed E-state index contributed by atoms with van der Waals surface area (Å²) in [6.45, 7) is 8.54. The van der Waals surface area contributed by atoms with Crippen LogP contribution in [0.2, 0.25) is 0 Å². The second-order valence-corrected chi connectivity index (χ2v) is 13.6. The van der Waals surface area contributed by atoms with Crippen molar-refractivity contribution in [3.63, 3.8) is 0 Å². The third kappa shape index (κ3) is 6.17. The van der Waals surface area contributed by atoms with Gasteiger partial charge in [0.2, 0.25) is 0 Å². The number of anilines is 6. The van der Waals surface area contributed by atoms with Crippen molar-refractivity contribution in [3.8, 4) is 11.1 Å². The third-order valence-corrected chi connectivity index (χ3v) is 9.85. The summed E-state index contributed by atoms with van der Waals surface area (Å²) in [6.07, 6.45) is 0. The lowest BCUT2D eigenvalue weighted by Gasteiger charge is -2.31. The lowest BCUT2D eigenvalue weighted by atomic mass is 9.81. The Hall–Kier alpha value is -6.06. The van der Waals surface area contributed by atoms with E-state index in [1.807, 2.05) is 0 Å². The molecule has 0 saturated carbocycles. The lowest BCUT2D eigenvalue weighted by molar-refractivity contribution is 1.24. The van der Waals surface area contributed by atoms with Gasteiger partial charge in [0.05, 0.1) is 0 Å². The normalized spacial score (nSPS) is 11.2.